The number of carbonyl (C=O) groups excluding carboxylic acids is 4. The van der Waals surface area contributed by atoms with Crippen LogP contribution in [0.3, 0.4) is 0 Å². The molecule has 352 valence electrons. The Morgan fingerprint density at radius 3 is 2.37 bits per heavy atom. The molecule has 4 amide bonds. The van der Waals surface area contributed by atoms with Gasteiger partial charge in [0.15, 0.2) is 5.60 Å². The number of hydrogen-bond acceptors (Lipinski definition) is 11. The third-order valence-corrected chi connectivity index (χ3v) is 14.6. The fraction of sp³-hybridized carbons (Fsp3) is 0.553. The molecule has 0 radical (unpaired) electrons. The number of methoxy groups -OCH3 is 1. The summed E-state index contributed by atoms with van der Waals surface area (Å²) in [6.07, 6.45) is 4.81. The maximum absolute atomic E-state index is 15.0. The summed E-state index contributed by atoms with van der Waals surface area (Å²) in [5, 5.41) is 5.33. The van der Waals surface area contributed by atoms with Crippen molar-refractivity contribution in [3.8, 4) is 28.5 Å². The zero-order chi connectivity index (χ0) is 47.1. The largest absolute Gasteiger partial charge is 0.497 e. The number of aromatic nitrogens is 1. The average molecular weight is 924 g/mol. The lowest BCUT2D eigenvalue weighted by Crippen LogP contribution is -2.59. The van der Waals surface area contributed by atoms with Gasteiger partial charge in [0.25, 0.3) is 11.8 Å². The van der Waals surface area contributed by atoms with Gasteiger partial charge in [-0.1, -0.05) is 25.5 Å². The van der Waals surface area contributed by atoms with Gasteiger partial charge in [0.05, 0.1) is 36.2 Å². The third kappa shape index (κ3) is 10.6. The monoisotopic (exact) mass is 923 g/mol. The van der Waals surface area contributed by atoms with Crippen LogP contribution < -0.4 is 29.6 Å². The molecule has 2 aliphatic carbocycles. The molecule has 18 heteroatoms. The second-order valence-corrected chi connectivity index (χ2v) is 20.6. The summed E-state index contributed by atoms with van der Waals surface area (Å²) in [7, 11) is -2.44. The number of amides is 4. The number of fused-ring (bicyclic) bond motifs is 3. The van der Waals surface area contributed by atoms with Gasteiger partial charge in [-0.05, 0) is 109 Å². The van der Waals surface area contributed by atoms with Crippen molar-refractivity contribution in [1.29, 1.82) is 0 Å². The van der Waals surface area contributed by atoms with Crippen LogP contribution in [0.4, 0.5) is 13.6 Å². The summed E-state index contributed by atoms with van der Waals surface area (Å²) in [5.41, 5.74) is -1.99. The summed E-state index contributed by atoms with van der Waals surface area (Å²) in [5.74, 6) is -5.15. The van der Waals surface area contributed by atoms with E-state index in [1.807, 2.05) is 50.3 Å². The highest BCUT2D eigenvalue weighted by Gasteiger charge is 2.62. The highest BCUT2D eigenvalue weighted by atomic mass is 32.2. The van der Waals surface area contributed by atoms with Crippen LogP contribution in [-0.2, 0) is 29.1 Å². The molecule has 2 saturated carbocycles. The first-order valence-electron chi connectivity index (χ1n) is 22.3. The Bertz CT molecular complexity index is 2440. The molecule has 3 N–H and O–H groups in total. The molecular formula is C47H59F2N5O10S. The Morgan fingerprint density at radius 2 is 1.71 bits per heavy atom. The molecule has 7 rings (SSSR count). The van der Waals surface area contributed by atoms with Gasteiger partial charge in [-0.3, -0.25) is 19.1 Å². The molecule has 6 atom stereocenters. The Morgan fingerprint density at radius 1 is 1.00 bits per heavy atom. The van der Waals surface area contributed by atoms with E-state index in [-0.39, 0.29) is 25.5 Å². The quantitative estimate of drug-likeness (QED) is 0.162. The molecule has 3 heterocycles. The first-order chi connectivity index (χ1) is 30.6. The van der Waals surface area contributed by atoms with E-state index in [0.717, 1.165) is 19.4 Å². The molecule has 2 aromatic carbocycles. The number of ether oxygens (including phenoxy) is 4. The minimum absolute atomic E-state index is 0.0280. The number of alkyl carbamates (subject to hydrolysis) is 1. The second kappa shape index (κ2) is 18.4. The van der Waals surface area contributed by atoms with E-state index in [1.54, 1.807) is 38.3 Å². The number of pyridine rings is 1. The van der Waals surface area contributed by atoms with E-state index < -0.39 is 86.2 Å². The van der Waals surface area contributed by atoms with Crippen molar-refractivity contribution in [3.05, 3.63) is 60.7 Å². The van der Waals surface area contributed by atoms with Crippen molar-refractivity contribution in [2.75, 3.05) is 13.7 Å². The van der Waals surface area contributed by atoms with Crippen LogP contribution >= 0.6 is 0 Å². The third-order valence-electron chi connectivity index (χ3n) is 12.8. The van der Waals surface area contributed by atoms with Crippen molar-refractivity contribution >= 4 is 44.7 Å². The van der Waals surface area contributed by atoms with Crippen molar-refractivity contribution in [3.63, 3.8) is 0 Å². The van der Waals surface area contributed by atoms with Crippen LogP contribution in [0.5, 0.6) is 17.2 Å². The van der Waals surface area contributed by atoms with Gasteiger partial charge >= 0.3 is 6.09 Å². The van der Waals surface area contributed by atoms with Crippen LogP contribution in [0, 0.1) is 11.8 Å². The van der Waals surface area contributed by atoms with Crippen LogP contribution in [0.1, 0.15) is 92.9 Å². The summed E-state index contributed by atoms with van der Waals surface area (Å²) >= 11 is 0. The van der Waals surface area contributed by atoms with Crippen molar-refractivity contribution in [2.24, 2.45) is 11.8 Å². The van der Waals surface area contributed by atoms with E-state index in [1.165, 1.54) is 4.90 Å². The summed E-state index contributed by atoms with van der Waals surface area (Å²) in [6, 6.07) is 11.9. The fourth-order valence-electron chi connectivity index (χ4n) is 8.31. The van der Waals surface area contributed by atoms with Crippen LogP contribution in [0.25, 0.3) is 22.2 Å². The van der Waals surface area contributed by atoms with Gasteiger partial charge in [-0.2, -0.15) is 0 Å². The van der Waals surface area contributed by atoms with E-state index in [0.29, 0.717) is 79.3 Å². The first kappa shape index (κ1) is 47.4. The Hall–Kier alpha value is -5.52. The number of hydrogen-bond donors (Lipinski definition) is 3. The lowest BCUT2D eigenvalue weighted by molar-refractivity contribution is -0.152. The predicted octanol–water partition coefficient (Wildman–Crippen LogP) is 6.82. The maximum atomic E-state index is 15.0. The minimum Gasteiger partial charge on any atom is -0.497 e. The number of carbonyl (C=O) groups is 4. The molecule has 2 aliphatic heterocycles. The highest BCUT2D eigenvalue weighted by molar-refractivity contribution is 7.91. The number of rotatable bonds is 12. The van der Waals surface area contributed by atoms with Gasteiger partial charge in [0.1, 0.15) is 41.0 Å². The van der Waals surface area contributed by atoms with Gasteiger partial charge in [0, 0.05) is 42.3 Å². The number of sulfonamides is 1. The smallest absolute Gasteiger partial charge is 0.408 e. The normalized spacial score (nSPS) is 25.4. The van der Waals surface area contributed by atoms with E-state index in [9.17, 15) is 36.4 Å². The van der Waals surface area contributed by atoms with E-state index >= 15 is 0 Å². The standard InChI is InChI=1S/C47H59F2N5O10S/c1-27(2)62-31-16-14-29(15-17-31)36-24-39(35-21-18-32(61-7)22-37(35)50-36)63-33-23-38-41(55)52-47(43(57)53-65(59,60)34-19-20-34)25-30(47)13-11-9-8-10-12-28(3)40(42(56)54(38)26-33)51-44(58)64-45(4,5)46(6,48)49/h11,13-18,21-22,24,27-28,30,33-34,38,40H,8-10,12,19-20,23,25-26H2,1-7H3,(H,51,58)(H,52,55)(H,53,57)/t28-,30-,33-,38+,40+,47-/m1/s1. The average Bonchev–Trinajstić information content (AvgIpc) is 4.16. The van der Waals surface area contributed by atoms with E-state index in [2.05, 4.69) is 15.4 Å². The molecular weight excluding hydrogens is 865 g/mol. The predicted molar refractivity (Wildman–Crippen MR) is 238 cm³/mol. The molecule has 4 aliphatic rings. The van der Waals surface area contributed by atoms with Crippen molar-refractivity contribution < 1.29 is 55.3 Å². The molecule has 0 spiro atoms. The molecule has 65 heavy (non-hydrogen) atoms. The van der Waals surface area contributed by atoms with Gasteiger partial charge in [0.2, 0.25) is 21.8 Å². The second-order valence-electron chi connectivity index (χ2n) is 18.6. The van der Waals surface area contributed by atoms with E-state index in [4.69, 9.17) is 23.9 Å². The SMILES string of the molecule is COc1ccc2c(O[C@@H]3C[C@H]4C(=O)N[C@]5(C(=O)NS(=O)(=O)C6CC6)C[C@H]5C=CCCCC[C@@H](C)[C@H](NC(=O)OC(C)(C)C(C)(F)F)C(=O)N4C3)cc(-c3ccc(OC(C)C)cc3)nc2c1. The Labute approximate surface area is 378 Å². The molecule has 1 aromatic heterocycles. The van der Waals surface area contributed by atoms with Crippen LogP contribution in [0.15, 0.2) is 60.7 Å². The molecule has 15 nitrogen and oxygen atoms in total. The van der Waals surface area contributed by atoms with Crippen molar-refractivity contribution in [2.45, 2.75) is 140 Å². The number of alkyl halides is 2. The highest BCUT2D eigenvalue weighted by Crippen LogP contribution is 2.46. The van der Waals surface area contributed by atoms with Gasteiger partial charge in [-0.15, -0.1) is 0 Å². The molecule has 0 bridgehead atoms. The van der Waals surface area contributed by atoms with Crippen molar-refractivity contribution in [1.82, 2.24) is 25.2 Å². The molecule has 1 saturated heterocycles. The number of benzene rings is 2. The zero-order valence-electron chi connectivity index (χ0n) is 37.8. The zero-order valence-corrected chi connectivity index (χ0v) is 38.6. The number of nitrogens with one attached hydrogen (secondary N) is 3. The first-order valence-corrected chi connectivity index (χ1v) is 23.8. The lowest BCUT2D eigenvalue weighted by atomic mass is 9.93. The Kier molecular flexibility index (Phi) is 13.4. The summed E-state index contributed by atoms with van der Waals surface area (Å²) in [4.78, 5) is 63.2. The van der Waals surface area contributed by atoms with Gasteiger partial charge in [-0.25, -0.2) is 27.0 Å². The fourth-order valence-corrected chi connectivity index (χ4v) is 9.67. The molecule has 3 aromatic rings. The summed E-state index contributed by atoms with van der Waals surface area (Å²) in [6.45, 7) is 8.22. The minimum atomic E-state index is -3.98. The maximum Gasteiger partial charge on any atom is 0.408 e. The lowest BCUT2D eigenvalue weighted by Gasteiger charge is -2.34. The topological polar surface area (TPSA) is 192 Å². The number of allylic oxidation sites excluding steroid dienone is 1. The number of nitrogens with zero attached hydrogens (tertiary/aromatic N) is 2. The van der Waals surface area contributed by atoms with Crippen LogP contribution in [0.2, 0.25) is 0 Å². The van der Waals surface area contributed by atoms with Gasteiger partial charge < -0.3 is 34.5 Å². The number of halogens is 2. The summed E-state index contributed by atoms with van der Waals surface area (Å²) < 4.78 is 80.5. The Balaban J connectivity index is 1.25. The molecule has 0 unspecified atom stereocenters. The molecule has 3 fully saturated rings. The van der Waals surface area contributed by atoms with Crippen LogP contribution in [-0.4, -0.2) is 102 Å².